The van der Waals surface area contributed by atoms with Gasteiger partial charge in [-0.1, -0.05) is 12.1 Å². The predicted octanol–water partition coefficient (Wildman–Crippen LogP) is 3.58. The van der Waals surface area contributed by atoms with Crippen LogP contribution in [0.5, 0.6) is 5.75 Å². The van der Waals surface area contributed by atoms with E-state index in [1.165, 1.54) is 12.1 Å². The number of aryl methyl sites for hydroxylation is 1. The quantitative estimate of drug-likeness (QED) is 0.901. The lowest BCUT2D eigenvalue weighted by Gasteiger charge is -2.36. The molecule has 0 saturated carbocycles. The summed E-state index contributed by atoms with van der Waals surface area (Å²) in [7, 11) is 0. The van der Waals surface area contributed by atoms with Crippen molar-refractivity contribution in [2.45, 2.75) is 32.4 Å². The molecule has 5 heteroatoms. The Morgan fingerprint density at radius 1 is 1.11 bits per heavy atom. The number of fused-ring (bicyclic) bond motifs is 4. The highest BCUT2D eigenvalue weighted by Gasteiger charge is 2.37. The van der Waals surface area contributed by atoms with Gasteiger partial charge >= 0.3 is 0 Å². The van der Waals surface area contributed by atoms with Crippen molar-refractivity contribution in [3.05, 3.63) is 65.0 Å². The first-order chi connectivity index (χ1) is 13.0. The van der Waals surface area contributed by atoms with Gasteiger partial charge in [-0.05, 0) is 67.1 Å². The number of hydrogen-bond acceptors (Lipinski definition) is 3. The third-order valence-electron chi connectivity index (χ3n) is 5.81. The van der Waals surface area contributed by atoms with Crippen molar-refractivity contribution < 1.29 is 14.3 Å². The summed E-state index contributed by atoms with van der Waals surface area (Å²) >= 11 is 0. The van der Waals surface area contributed by atoms with Gasteiger partial charge in [0.15, 0.2) is 0 Å². The van der Waals surface area contributed by atoms with Gasteiger partial charge in [-0.2, -0.15) is 0 Å². The van der Waals surface area contributed by atoms with Crippen LogP contribution in [0.1, 0.15) is 34.3 Å². The number of carbonyl (C=O) groups is 1. The van der Waals surface area contributed by atoms with Crippen molar-refractivity contribution in [3.63, 3.8) is 0 Å². The van der Waals surface area contributed by atoms with Crippen LogP contribution in [0.3, 0.4) is 0 Å². The molecule has 0 aliphatic carbocycles. The zero-order chi connectivity index (χ0) is 19.0. The molecule has 2 bridgehead atoms. The minimum atomic E-state index is -0.212. The van der Waals surface area contributed by atoms with Crippen LogP contribution in [0.15, 0.2) is 42.5 Å². The molecule has 4 nitrogen and oxygen atoms in total. The lowest BCUT2D eigenvalue weighted by molar-refractivity contribution is 0.0585. The minimum absolute atomic E-state index is 0.0523. The topological polar surface area (TPSA) is 43.8 Å². The van der Waals surface area contributed by atoms with Crippen molar-refractivity contribution in [2.24, 2.45) is 5.92 Å². The zero-order valence-electron chi connectivity index (χ0n) is 15.6. The molecule has 1 amide bonds. The predicted molar refractivity (Wildman–Crippen MR) is 102 cm³/mol. The van der Waals surface area contributed by atoms with Gasteiger partial charge in [0.1, 0.15) is 11.6 Å². The first-order valence-corrected chi connectivity index (χ1v) is 9.57. The van der Waals surface area contributed by atoms with E-state index in [2.05, 4.69) is 4.90 Å². The number of carbonyl (C=O) groups excluding carboxylic acids is 1. The molecule has 27 heavy (non-hydrogen) atoms. The van der Waals surface area contributed by atoms with Crippen molar-refractivity contribution in [1.82, 2.24) is 9.80 Å². The maximum absolute atomic E-state index is 13.1. The summed E-state index contributed by atoms with van der Waals surface area (Å²) in [5.41, 5.74) is 2.46. The van der Waals surface area contributed by atoms with Gasteiger partial charge in [-0.25, -0.2) is 4.39 Å². The first-order valence-electron chi connectivity index (χ1n) is 9.57. The molecular weight excluding hydrogens is 343 g/mol. The van der Waals surface area contributed by atoms with Gasteiger partial charge in [0, 0.05) is 37.8 Å². The van der Waals surface area contributed by atoms with Crippen LogP contribution in [-0.4, -0.2) is 46.5 Å². The molecule has 3 heterocycles. The van der Waals surface area contributed by atoms with E-state index in [0.717, 1.165) is 50.1 Å². The molecule has 5 rings (SSSR count). The number of phenols is 1. The standard InChI is InChI=1S/C22H25FN2O2/c1-15-10-18(5-9-21(15)26)22(27)25-13-17-4-8-20(25)14-24(12-17)11-16-2-6-19(23)7-3-16/h2-3,5-7,9-10,17,20,26H,4,8,11-14H2,1H3/t17-,20+/m0/s1. The average molecular weight is 368 g/mol. The second-order valence-electron chi connectivity index (χ2n) is 7.88. The highest BCUT2D eigenvalue weighted by atomic mass is 19.1. The summed E-state index contributed by atoms with van der Waals surface area (Å²) in [5, 5.41) is 9.72. The van der Waals surface area contributed by atoms with Gasteiger partial charge in [0.25, 0.3) is 5.91 Å². The van der Waals surface area contributed by atoms with E-state index >= 15 is 0 Å². The maximum Gasteiger partial charge on any atom is 0.254 e. The third kappa shape index (κ3) is 3.83. The Morgan fingerprint density at radius 2 is 1.89 bits per heavy atom. The Labute approximate surface area is 159 Å². The van der Waals surface area contributed by atoms with Gasteiger partial charge in [0.2, 0.25) is 0 Å². The van der Waals surface area contributed by atoms with Crippen LogP contribution >= 0.6 is 0 Å². The van der Waals surface area contributed by atoms with Crippen molar-refractivity contribution in [3.8, 4) is 5.75 Å². The number of aromatic hydroxyl groups is 1. The zero-order valence-corrected chi connectivity index (χ0v) is 15.6. The second kappa shape index (κ2) is 7.31. The van der Waals surface area contributed by atoms with E-state index in [0.29, 0.717) is 11.5 Å². The Hall–Kier alpha value is -2.40. The summed E-state index contributed by atoms with van der Waals surface area (Å²) in [6.07, 6.45) is 2.16. The van der Waals surface area contributed by atoms with Crippen LogP contribution < -0.4 is 0 Å². The van der Waals surface area contributed by atoms with E-state index in [4.69, 9.17) is 0 Å². The largest absolute Gasteiger partial charge is 0.508 e. The van der Waals surface area contributed by atoms with Gasteiger partial charge in [-0.15, -0.1) is 0 Å². The van der Waals surface area contributed by atoms with Crippen molar-refractivity contribution in [1.29, 1.82) is 0 Å². The third-order valence-corrected chi connectivity index (χ3v) is 5.81. The summed E-state index contributed by atoms with van der Waals surface area (Å²) in [5.74, 6) is 0.521. The SMILES string of the molecule is Cc1cc(C(=O)N2C[C@H]3CC[C@@H]2CN(Cc2ccc(F)cc2)C3)ccc1O. The van der Waals surface area contributed by atoms with E-state index in [1.807, 2.05) is 24.0 Å². The number of piperidine rings is 1. The lowest BCUT2D eigenvalue weighted by Crippen LogP contribution is -2.47. The van der Waals surface area contributed by atoms with Crippen LogP contribution in [0.25, 0.3) is 0 Å². The number of amides is 1. The molecule has 1 N–H and O–H groups in total. The van der Waals surface area contributed by atoms with Crippen LogP contribution in [0.2, 0.25) is 0 Å². The normalized spacial score (nSPS) is 22.7. The lowest BCUT2D eigenvalue weighted by atomic mass is 9.94. The highest BCUT2D eigenvalue weighted by Crippen LogP contribution is 2.30. The molecule has 0 unspecified atom stereocenters. The molecule has 3 aliphatic heterocycles. The fraction of sp³-hybridized carbons (Fsp3) is 0.409. The van der Waals surface area contributed by atoms with E-state index in [1.54, 1.807) is 18.2 Å². The molecule has 0 spiro atoms. The fourth-order valence-electron chi connectivity index (χ4n) is 4.36. The molecule has 0 aromatic heterocycles. The van der Waals surface area contributed by atoms with Crippen LogP contribution in [0, 0.1) is 18.7 Å². The first kappa shape index (κ1) is 18.0. The maximum atomic E-state index is 13.1. The monoisotopic (exact) mass is 368 g/mol. The second-order valence-corrected chi connectivity index (χ2v) is 7.88. The van der Waals surface area contributed by atoms with Gasteiger partial charge in [0.05, 0.1) is 0 Å². The Balaban J connectivity index is 1.49. The summed E-state index contributed by atoms with van der Waals surface area (Å²) in [4.78, 5) is 17.5. The molecule has 3 saturated heterocycles. The van der Waals surface area contributed by atoms with Gasteiger partial charge < -0.3 is 10.0 Å². The number of hydrogen-bond donors (Lipinski definition) is 1. The smallest absolute Gasteiger partial charge is 0.254 e. The van der Waals surface area contributed by atoms with Crippen molar-refractivity contribution >= 4 is 5.91 Å². The molecule has 2 aromatic carbocycles. The fourth-order valence-corrected chi connectivity index (χ4v) is 4.36. The molecule has 2 aromatic rings. The highest BCUT2D eigenvalue weighted by molar-refractivity contribution is 5.95. The molecule has 0 radical (unpaired) electrons. The summed E-state index contributed by atoms with van der Waals surface area (Å²) in [6.45, 7) is 5.19. The number of nitrogens with zero attached hydrogens (tertiary/aromatic N) is 2. The number of rotatable bonds is 3. The number of halogens is 1. The van der Waals surface area contributed by atoms with E-state index < -0.39 is 0 Å². The van der Waals surface area contributed by atoms with E-state index in [-0.39, 0.29) is 23.5 Å². The Morgan fingerprint density at radius 3 is 2.63 bits per heavy atom. The summed E-state index contributed by atoms with van der Waals surface area (Å²) in [6, 6.07) is 12.0. The summed E-state index contributed by atoms with van der Waals surface area (Å²) < 4.78 is 13.1. The van der Waals surface area contributed by atoms with Gasteiger partial charge in [-0.3, -0.25) is 9.69 Å². The Kier molecular flexibility index (Phi) is 4.87. The minimum Gasteiger partial charge on any atom is -0.508 e. The van der Waals surface area contributed by atoms with E-state index in [9.17, 15) is 14.3 Å². The Bertz CT molecular complexity index is 837. The molecule has 2 atom stereocenters. The van der Waals surface area contributed by atoms with Crippen LogP contribution in [0.4, 0.5) is 4.39 Å². The van der Waals surface area contributed by atoms with Crippen LogP contribution in [-0.2, 0) is 6.54 Å². The molecular formula is C22H25FN2O2. The number of benzene rings is 2. The molecule has 3 aliphatic rings. The number of phenolic OH excluding ortho intramolecular Hbond substituents is 1. The molecule has 3 fully saturated rings. The average Bonchev–Trinajstić information content (AvgIpc) is 2.96. The molecule has 142 valence electrons. The van der Waals surface area contributed by atoms with Crippen molar-refractivity contribution in [2.75, 3.05) is 19.6 Å².